The van der Waals surface area contributed by atoms with Crippen molar-refractivity contribution in [2.24, 2.45) is 5.92 Å². The van der Waals surface area contributed by atoms with Gasteiger partial charge >= 0.3 is 5.97 Å². The van der Waals surface area contributed by atoms with Gasteiger partial charge in [0, 0.05) is 23.8 Å². The molecule has 1 aromatic heterocycles. The van der Waals surface area contributed by atoms with Crippen molar-refractivity contribution in [3.8, 4) is 0 Å². The van der Waals surface area contributed by atoms with Gasteiger partial charge in [-0.05, 0) is 12.0 Å². The van der Waals surface area contributed by atoms with E-state index in [1.54, 1.807) is 12.1 Å². The average Bonchev–Trinajstić information content (AvgIpc) is 2.71. The van der Waals surface area contributed by atoms with Gasteiger partial charge in [-0.15, -0.1) is 0 Å². The van der Waals surface area contributed by atoms with Gasteiger partial charge < -0.3 is 9.30 Å². The lowest BCUT2D eigenvalue weighted by molar-refractivity contribution is -0.139. The highest BCUT2D eigenvalue weighted by Gasteiger charge is 2.22. The molecule has 5 nitrogen and oxygen atoms in total. The summed E-state index contributed by atoms with van der Waals surface area (Å²) in [5.41, 5.74) is 0.967. The summed E-state index contributed by atoms with van der Waals surface area (Å²) >= 11 is 0. The van der Waals surface area contributed by atoms with Crippen LogP contribution in [0.2, 0.25) is 0 Å². The number of ether oxygens (including phenoxy) is 1. The van der Waals surface area contributed by atoms with Crippen LogP contribution in [0.1, 0.15) is 19.0 Å². The number of nitrogens with zero attached hydrogens (tertiary/aromatic N) is 1. The van der Waals surface area contributed by atoms with E-state index in [0.29, 0.717) is 17.7 Å². The maximum Gasteiger partial charge on any atom is 0.311 e. The Balaban J connectivity index is 2.31. The molecule has 0 fully saturated rings. The fourth-order valence-corrected chi connectivity index (χ4v) is 2.35. The number of aromatic nitrogens is 1. The molecular formula is C15H17NO4. The molecule has 0 unspecified atom stereocenters. The molecule has 0 saturated heterocycles. The molecule has 20 heavy (non-hydrogen) atoms. The summed E-state index contributed by atoms with van der Waals surface area (Å²) < 4.78 is 6.08. The normalized spacial score (nSPS) is 18.0. The second-order valence-corrected chi connectivity index (χ2v) is 4.99. The summed E-state index contributed by atoms with van der Waals surface area (Å²) in [5, 5.41) is 0. The Bertz CT molecular complexity index is 627. The first-order chi connectivity index (χ1) is 9.51. The lowest BCUT2D eigenvalue weighted by Crippen LogP contribution is -2.26. The first-order valence-corrected chi connectivity index (χ1v) is 6.50. The molecule has 0 radical (unpaired) electrons. The van der Waals surface area contributed by atoms with Crippen LogP contribution in [0.25, 0.3) is 0 Å². The largest absolute Gasteiger partial charge is 0.469 e. The molecule has 106 valence electrons. The van der Waals surface area contributed by atoms with Gasteiger partial charge in [0.15, 0.2) is 5.78 Å². The van der Waals surface area contributed by atoms with E-state index in [2.05, 4.69) is 4.74 Å². The van der Waals surface area contributed by atoms with Crippen molar-refractivity contribution in [2.75, 3.05) is 7.11 Å². The number of Topliss-reactive ketones (excluding diaryl/α,β-unsaturated/α-hetero) is 1. The second-order valence-electron chi connectivity index (χ2n) is 4.99. The van der Waals surface area contributed by atoms with Crippen molar-refractivity contribution in [3.05, 3.63) is 45.9 Å². The lowest BCUT2D eigenvalue weighted by atomic mass is 10.1. The standard InChI is InChI=1S/C15H17NO4/c1-10-6-11(13(17)7-10)9-16-12(8-15(19)20-2)4-3-5-14(16)18/h3-6,10H,7-9H2,1-2H3/t10-/m1/s1. The van der Waals surface area contributed by atoms with E-state index in [-0.39, 0.29) is 30.2 Å². The molecule has 2 rings (SSSR count). The SMILES string of the molecule is COC(=O)Cc1cccc(=O)n1CC1=C[C@@H](C)CC1=O. The van der Waals surface area contributed by atoms with Gasteiger partial charge in [-0.2, -0.15) is 0 Å². The molecule has 0 aromatic carbocycles. The van der Waals surface area contributed by atoms with Crippen molar-refractivity contribution < 1.29 is 14.3 Å². The minimum atomic E-state index is -0.413. The van der Waals surface area contributed by atoms with Crippen LogP contribution in [0.4, 0.5) is 0 Å². The molecule has 0 spiro atoms. The predicted octanol–water partition coefficient (Wildman–Crippen LogP) is 1.10. The Labute approximate surface area is 116 Å². The van der Waals surface area contributed by atoms with Crippen LogP contribution in [0.5, 0.6) is 0 Å². The fourth-order valence-electron chi connectivity index (χ4n) is 2.35. The molecule has 0 N–H and O–H groups in total. The molecule has 1 aliphatic carbocycles. The first kappa shape index (κ1) is 14.2. The highest BCUT2D eigenvalue weighted by Crippen LogP contribution is 2.21. The number of hydrogen-bond donors (Lipinski definition) is 0. The average molecular weight is 275 g/mol. The summed E-state index contributed by atoms with van der Waals surface area (Å²) in [6.07, 6.45) is 2.40. The number of carbonyl (C=O) groups excluding carboxylic acids is 2. The Morgan fingerprint density at radius 1 is 1.40 bits per heavy atom. The van der Waals surface area contributed by atoms with Crippen LogP contribution < -0.4 is 5.56 Å². The van der Waals surface area contributed by atoms with Crippen molar-refractivity contribution >= 4 is 11.8 Å². The summed E-state index contributed by atoms with van der Waals surface area (Å²) in [7, 11) is 1.30. The molecular weight excluding hydrogens is 258 g/mol. The van der Waals surface area contributed by atoms with Crippen molar-refractivity contribution in [2.45, 2.75) is 26.3 Å². The molecule has 1 aliphatic rings. The summed E-state index contributed by atoms with van der Waals surface area (Å²) in [6, 6.07) is 4.72. The maximum atomic E-state index is 12.0. The molecule has 1 atom stereocenters. The zero-order valence-corrected chi connectivity index (χ0v) is 11.6. The first-order valence-electron chi connectivity index (χ1n) is 6.50. The molecule has 1 aromatic rings. The molecule has 5 heteroatoms. The van der Waals surface area contributed by atoms with Gasteiger partial charge in [0.05, 0.1) is 20.1 Å². The molecule has 0 bridgehead atoms. The molecule has 1 heterocycles. The van der Waals surface area contributed by atoms with Gasteiger partial charge in [0.2, 0.25) is 0 Å². The number of carbonyl (C=O) groups is 2. The predicted molar refractivity (Wildman–Crippen MR) is 73.3 cm³/mol. The van der Waals surface area contributed by atoms with E-state index in [4.69, 9.17) is 0 Å². The molecule has 0 aliphatic heterocycles. The number of pyridine rings is 1. The second kappa shape index (κ2) is 5.86. The Morgan fingerprint density at radius 3 is 2.75 bits per heavy atom. The third kappa shape index (κ3) is 3.04. The van der Waals surface area contributed by atoms with E-state index in [9.17, 15) is 14.4 Å². The maximum absolute atomic E-state index is 12.0. The monoisotopic (exact) mass is 275 g/mol. The van der Waals surface area contributed by atoms with Crippen LogP contribution in [-0.2, 0) is 27.3 Å². The zero-order valence-electron chi connectivity index (χ0n) is 11.6. The third-order valence-electron chi connectivity index (χ3n) is 3.37. The number of rotatable bonds is 4. The Kier molecular flexibility index (Phi) is 4.17. The van der Waals surface area contributed by atoms with Crippen molar-refractivity contribution in [1.82, 2.24) is 4.57 Å². The lowest BCUT2D eigenvalue weighted by Gasteiger charge is -2.12. The molecule has 0 saturated carbocycles. The number of ketones is 1. The van der Waals surface area contributed by atoms with Gasteiger partial charge in [-0.25, -0.2) is 0 Å². The topological polar surface area (TPSA) is 65.4 Å². The van der Waals surface area contributed by atoms with Gasteiger partial charge in [0.1, 0.15) is 0 Å². The van der Waals surface area contributed by atoms with Crippen LogP contribution >= 0.6 is 0 Å². The summed E-state index contributed by atoms with van der Waals surface area (Å²) in [6.45, 7) is 2.18. The Morgan fingerprint density at radius 2 is 2.15 bits per heavy atom. The number of hydrogen-bond acceptors (Lipinski definition) is 4. The van der Waals surface area contributed by atoms with Crippen LogP contribution in [0, 0.1) is 5.92 Å². The third-order valence-corrected chi connectivity index (χ3v) is 3.37. The number of esters is 1. The highest BCUT2D eigenvalue weighted by molar-refractivity contribution is 5.97. The summed E-state index contributed by atoms with van der Waals surface area (Å²) in [4.78, 5) is 35.2. The quantitative estimate of drug-likeness (QED) is 0.772. The Hall–Kier alpha value is -2.17. The van der Waals surface area contributed by atoms with E-state index in [1.807, 2.05) is 13.0 Å². The fraction of sp³-hybridized carbons (Fsp3) is 0.400. The minimum Gasteiger partial charge on any atom is -0.469 e. The van der Waals surface area contributed by atoms with Crippen molar-refractivity contribution in [3.63, 3.8) is 0 Å². The zero-order chi connectivity index (χ0) is 14.7. The molecule has 0 amide bonds. The van der Waals surface area contributed by atoms with Gasteiger partial charge in [0.25, 0.3) is 5.56 Å². The number of allylic oxidation sites excluding steroid dienone is 2. The highest BCUT2D eigenvalue weighted by atomic mass is 16.5. The van der Waals surface area contributed by atoms with E-state index in [1.165, 1.54) is 17.7 Å². The van der Waals surface area contributed by atoms with E-state index >= 15 is 0 Å². The van der Waals surface area contributed by atoms with Crippen molar-refractivity contribution in [1.29, 1.82) is 0 Å². The number of methoxy groups -OCH3 is 1. The minimum absolute atomic E-state index is 0.0175. The van der Waals surface area contributed by atoms with Crippen LogP contribution in [0.3, 0.4) is 0 Å². The van der Waals surface area contributed by atoms with E-state index < -0.39 is 5.97 Å². The van der Waals surface area contributed by atoms with Gasteiger partial charge in [-0.3, -0.25) is 14.4 Å². The summed E-state index contributed by atoms with van der Waals surface area (Å²) in [5.74, 6) is -0.136. The van der Waals surface area contributed by atoms with Crippen LogP contribution in [-0.4, -0.2) is 23.4 Å². The van der Waals surface area contributed by atoms with E-state index in [0.717, 1.165) is 0 Å². The van der Waals surface area contributed by atoms with Gasteiger partial charge in [-0.1, -0.05) is 19.1 Å². The smallest absolute Gasteiger partial charge is 0.311 e. The van der Waals surface area contributed by atoms with Crippen LogP contribution in [0.15, 0.2) is 34.6 Å².